The van der Waals surface area contributed by atoms with Crippen molar-refractivity contribution in [3.63, 3.8) is 0 Å². The molecule has 0 bridgehead atoms. The Morgan fingerprint density at radius 3 is 2.59 bits per heavy atom. The zero-order valence-electron chi connectivity index (χ0n) is 10.3. The molecule has 0 aromatic carbocycles. The standard InChI is InChI=1S/C12H20O4S/c1-15-11(13)8-12(4-5-12)9-17(14)10-2-6-16-7-3-10/h10H,2-9H2,1H3. The van der Waals surface area contributed by atoms with E-state index in [4.69, 9.17) is 9.47 Å². The fraction of sp³-hybridized carbons (Fsp3) is 0.917. The summed E-state index contributed by atoms with van der Waals surface area (Å²) in [5.74, 6) is 0.485. The summed E-state index contributed by atoms with van der Waals surface area (Å²) in [5.41, 5.74) is -0.0176. The minimum absolute atomic E-state index is 0.0176. The molecule has 0 radical (unpaired) electrons. The third-order valence-corrected chi connectivity index (χ3v) is 5.80. The molecule has 0 N–H and O–H groups in total. The molecule has 0 aromatic rings. The molecular weight excluding hydrogens is 240 g/mol. The van der Waals surface area contributed by atoms with Crippen molar-refractivity contribution in [1.82, 2.24) is 0 Å². The van der Waals surface area contributed by atoms with Gasteiger partial charge in [-0.25, -0.2) is 0 Å². The highest BCUT2D eigenvalue weighted by atomic mass is 32.2. The molecule has 4 nitrogen and oxygen atoms in total. The summed E-state index contributed by atoms with van der Waals surface area (Å²) in [6.45, 7) is 1.45. The molecule has 1 aliphatic heterocycles. The van der Waals surface area contributed by atoms with Gasteiger partial charge in [-0.2, -0.15) is 0 Å². The van der Waals surface area contributed by atoms with Crippen molar-refractivity contribution in [2.75, 3.05) is 26.1 Å². The maximum absolute atomic E-state index is 12.2. The Morgan fingerprint density at radius 2 is 2.06 bits per heavy atom. The Morgan fingerprint density at radius 1 is 1.41 bits per heavy atom. The lowest BCUT2D eigenvalue weighted by Crippen LogP contribution is -2.29. The Hall–Kier alpha value is -0.420. The molecule has 0 amide bonds. The van der Waals surface area contributed by atoms with Gasteiger partial charge in [0.1, 0.15) is 0 Å². The van der Waals surface area contributed by atoms with Gasteiger partial charge in [-0.15, -0.1) is 0 Å². The van der Waals surface area contributed by atoms with Crippen LogP contribution in [0.3, 0.4) is 0 Å². The fourth-order valence-electron chi connectivity index (χ4n) is 2.29. The summed E-state index contributed by atoms with van der Waals surface area (Å²) < 4.78 is 22.2. The number of methoxy groups -OCH3 is 1. The normalized spacial score (nSPS) is 25.2. The van der Waals surface area contributed by atoms with Gasteiger partial charge in [-0.3, -0.25) is 9.00 Å². The van der Waals surface area contributed by atoms with Gasteiger partial charge in [0.25, 0.3) is 0 Å². The van der Waals surface area contributed by atoms with Gasteiger partial charge in [0, 0.05) is 35.0 Å². The summed E-state index contributed by atoms with van der Waals surface area (Å²) in [6, 6.07) is 0. The van der Waals surface area contributed by atoms with Gasteiger partial charge in [0.2, 0.25) is 0 Å². The Labute approximate surface area is 105 Å². The first-order valence-corrected chi connectivity index (χ1v) is 7.55. The molecule has 5 heteroatoms. The minimum Gasteiger partial charge on any atom is -0.469 e. The van der Waals surface area contributed by atoms with Crippen LogP contribution < -0.4 is 0 Å². The molecular formula is C12H20O4S. The van der Waals surface area contributed by atoms with E-state index >= 15 is 0 Å². The van der Waals surface area contributed by atoms with Crippen LogP contribution in [0.25, 0.3) is 0 Å². The quantitative estimate of drug-likeness (QED) is 0.698. The lowest BCUT2D eigenvalue weighted by Gasteiger charge is -2.23. The predicted molar refractivity (Wildman–Crippen MR) is 65.2 cm³/mol. The third kappa shape index (κ3) is 3.52. The number of rotatable bonds is 5. The number of carbonyl (C=O) groups is 1. The lowest BCUT2D eigenvalue weighted by molar-refractivity contribution is -0.141. The molecule has 0 aromatic heterocycles. The van der Waals surface area contributed by atoms with Gasteiger partial charge in [0.15, 0.2) is 0 Å². The molecule has 1 heterocycles. The lowest BCUT2D eigenvalue weighted by atomic mass is 10.1. The second kappa shape index (κ2) is 5.48. The van der Waals surface area contributed by atoms with Crippen molar-refractivity contribution in [3.05, 3.63) is 0 Å². The topological polar surface area (TPSA) is 52.6 Å². The first-order chi connectivity index (χ1) is 8.15. The molecule has 98 valence electrons. The van der Waals surface area contributed by atoms with Gasteiger partial charge in [-0.05, 0) is 31.1 Å². The monoisotopic (exact) mass is 260 g/mol. The zero-order valence-corrected chi connectivity index (χ0v) is 11.1. The summed E-state index contributed by atoms with van der Waals surface area (Å²) in [5, 5.41) is 0.263. The highest BCUT2D eigenvalue weighted by Gasteiger charge is 2.46. The van der Waals surface area contributed by atoms with Crippen LogP contribution in [-0.2, 0) is 25.1 Å². The second-order valence-electron chi connectivity index (χ2n) is 5.09. The van der Waals surface area contributed by atoms with Crippen LogP contribution in [0.5, 0.6) is 0 Å². The smallest absolute Gasteiger partial charge is 0.306 e. The van der Waals surface area contributed by atoms with E-state index in [1.807, 2.05) is 0 Å². The van der Waals surface area contributed by atoms with Crippen molar-refractivity contribution in [1.29, 1.82) is 0 Å². The van der Waals surface area contributed by atoms with Gasteiger partial charge >= 0.3 is 5.97 Å². The van der Waals surface area contributed by atoms with E-state index < -0.39 is 10.8 Å². The summed E-state index contributed by atoms with van der Waals surface area (Å²) >= 11 is 0. The van der Waals surface area contributed by atoms with E-state index in [0.717, 1.165) is 38.9 Å². The first kappa shape index (κ1) is 13.0. The van der Waals surface area contributed by atoms with E-state index in [1.54, 1.807) is 0 Å². The van der Waals surface area contributed by atoms with Crippen LogP contribution in [0, 0.1) is 5.41 Å². The molecule has 2 rings (SSSR count). The Balaban J connectivity index is 1.83. The van der Waals surface area contributed by atoms with Crippen LogP contribution in [0.2, 0.25) is 0 Å². The van der Waals surface area contributed by atoms with E-state index in [9.17, 15) is 9.00 Å². The number of hydrogen-bond donors (Lipinski definition) is 0. The van der Waals surface area contributed by atoms with Crippen molar-refractivity contribution in [2.45, 2.75) is 37.4 Å². The van der Waals surface area contributed by atoms with Crippen molar-refractivity contribution < 1.29 is 18.5 Å². The van der Waals surface area contributed by atoms with Crippen LogP contribution in [0.1, 0.15) is 32.1 Å². The largest absolute Gasteiger partial charge is 0.469 e. The molecule has 1 atom stereocenters. The van der Waals surface area contributed by atoms with E-state index in [-0.39, 0.29) is 16.6 Å². The average molecular weight is 260 g/mol. The molecule has 2 aliphatic rings. The van der Waals surface area contributed by atoms with E-state index in [0.29, 0.717) is 12.2 Å². The van der Waals surface area contributed by atoms with Crippen LogP contribution >= 0.6 is 0 Å². The Kier molecular flexibility index (Phi) is 4.20. The van der Waals surface area contributed by atoms with Crippen LogP contribution in [0.4, 0.5) is 0 Å². The van der Waals surface area contributed by atoms with E-state index in [2.05, 4.69) is 0 Å². The van der Waals surface area contributed by atoms with Crippen molar-refractivity contribution in [2.24, 2.45) is 5.41 Å². The summed E-state index contributed by atoms with van der Waals surface area (Å²) in [7, 11) is 0.591. The SMILES string of the molecule is COC(=O)CC1(CS(=O)C2CCOCC2)CC1. The Bertz CT molecular complexity index is 306. The molecule has 1 aliphatic carbocycles. The summed E-state index contributed by atoms with van der Waals surface area (Å²) in [6.07, 6.45) is 4.23. The van der Waals surface area contributed by atoms with E-state index in [1.165, 1.54) is 7.11 Å². The maximum atomic E-state index is 12.2. The average Bonchev–Trinajstić information content (AvgIpc) is 3.09. The minimum atomic E-state index is -0.820. The predicted octanol–water partition coefficient (Wildman–Crippen LogP) is 1.26. The van der Waals surface area contributed by atoms with Gasteiger partial charge < -0.3 is 9.47 Å². The summed E-state index contributed by atoms with van der Waals surface area (Å²) in [4.78, 5) is 11.3. The van der Waals surface area contributed by atoms with Crippen LogP contribution in [-0.4, -0.2) is 41.5 Å². The first-order valence-electron chi connectivity index (χ1n) is 6.17. The highest BCUT2D eigenvalue weighted by Crippen LogP contribution is 2.50. The third-order valence-electron chi connectivity index (χ3n) is 3.69. The molecule has 1 saturated heterocycles. The number of ether oxygens (including phenoxy) is 2. The molecule has 0 spiro atoms. The number of esters is 1. The number of hydrogen-bond acceptors (Lipinski definition) is 4. The van der Waals surface area contributed by atoms with Gasteiger partial charge in [0.05, 0.1) is 13.5 Å². The maximum Gasteiger partial charge on any atom is 0.306 e. The van der Waals surface area contributed by atoms with Gasteiger partial charge in [-0.1, -0.05) is 0 Å². The number of carbonyl (C=O) groups excluding carboxylic acids is 1. The van der Waals surface area contributed by atoms with Crippen molar-refractivity contribution >= 4 is 16.8 Å². The van der Waals surface area contributed by atoms with Crippen LogP contribution in [0.15, 0.2) is 0 Å². The molecule has 1 unspecified atom stereocenters. The highest BCUT2D eigenvalue weighted by molar-refractivity contribution is 7.85. The molecule has 1 saturated carbocycles. The zero-order chi connectivity index (χ0) is 12.3. The van der Waals surface area contributed by atoms with Crippen molar-refractivity contribution in [3.8, 4) is 0 Å². The second-order valence-corrected chi connectivity index (χ2v) is 6.81. The fourth-order valence-corrected chi connectivity index (χ4v) is 4.23. The molecule has 2 fully saturated rings. The molecule has 17 heavy (non-hydrogen) atoms.